The minimum atomic E-state index is -0.467. The molecule has 0 bridgehead atoms. The highest BCUT2D eigenvalue weighted by Crippen LogP contribution is 2.31. The third kappa shape index (κ3) is 3.71. The average molecular weight is 381 g/mol. The lowest BCUT2D eigenvalue weighted by Crippen LogP contribution is -2.36. The van der Waals surface area contributed by atoms with Crippen molar-refractivity contribution < 1.29 is 14.5 Å². The first-order valence-electron chi connectivity index (χ1n) is 9.67. The highest BCUT2D eigenvalue weighted by atomic mass is 16.6. The summed E-state index contributed by atoms with van der Waals surface area (Å²) in [6.07, 6.45) is 3.91. The molecule has 1 atom stereocenters. The number of benzene rings is 2. The van der Waals surface area contributed by atoms with Gasteiger partial charge < -0.3 is 15.0 Å². The number of nitro groups is 1. The van der Waals surface area contributed by atoms with Crippen LogP contribution >= 0.6 is 0 Å². The number of nitrogens with one attached hydrogen (secondary N) is 1. The Morgan fingerprint density at radius 1 is 1.25 bits per heavy atom. The van der Waals surface area contributed by atoms with Gasteiger partial charge in [-0.15, -0.1) is 0 Å². The highest BCUT2D eigenvalue weighted by molar-refractivity contribution is 6.10. The van der Waals surface area contributed by atoms with Gasteiger partial charge in [0.05, 0.1) is 16.6 Å². The molecule has 1 fully saturated rings. The van der Waals surface area contributed by atoms with Crippen molar-refractivity contribution >= 4 is 23.0 Å². The Morgan fingerprint density at radius 3 is 2.89 bits per heavy atom. The van der Waals surface area contributed by atoms with Crippen molar-refractivity contribution in [1.82, 2.24) is 0 Å². The van der Waals surface area contributed by atoms with Crippen LogP contribution in [-0.2, 0) is 11.2 Å². The Kier molecular flexibility index (Phi) is 5.25. The van der Waals surface area contributed by atoms with Crippen molar-refractivity contribution in [2.24, 2.45) is 0 Å². The first-order chi connectivity index (χ1) is 13.6. The lowest BCUT2D eigenvalue weighted by Gasteiger charge is -2.30. The zero-order valence-corrected chi connectivity index (χ0v) is 15.6. The van der Waals surface area contributed by atoms with E-state index in [4.69, 9.17) is 4.74 Å². The first kappa shape index (κ1) is 18.4. The number of rotatable bonds is 5. The molecular weight excluding hydrogens is 358 g/mol. The van der Waals surface area contributed by atoms with Gasteiger partial charge in [0, 0.05) is 43.2 Å². The second kappa shape index (κ2) is 7.98. The van der Waals surface area contributed by atoms with Crippen LogP contribution in [0, 0.1) is 10.1 Å². The van der Waals surface area contributed by atoms with E-state index in [0.717, 1.165) is 43.5 Å². The Labute approximate surface area is 163 Å². The number of nitrogens with zero attached hydrogens (tertiary/aromatic N) is 2. The zero-order valence-electron chi connectivity index (χ0n) is 15.6. The molecule has 0 radical (unpaired) electrons. The minimum Gasteiger partial charge on any atom is -0.382 e. The molecule has 2 aliphatic rings. The molecule has 7 nitrogen and oxygen atoms in total. The number of amides is 1. The molecule has 0 aromatic heterocycles. The summed E-state index contributed by atoms with van der Waals surface area (Å²) in [6, 6.07) is 12.3. The van der Waals surface area contributed by atoms with E-state index in [-0.39, 0.29) is 17.7 Å². The maximum Gasteiger partial charge on any atom is 0.270 e. The fourth-order valence-corrected chi connectivity index (χ4v) is 3.90. The van der Waals surface area contributed by atoms with E-state index in [1.165, 1.54) is 12.1 Å². The van der Waals surface area contributed by atoms with E-state index in [9.17, 15) is 14.9 Å². The Bertz CT molecular complexity index is 893. The molecule has 0 saturated carbocycles. The molecule has 0 aliphatic carbocycles. The molecule has 1 unspecified atom stereocenters. The maximum absolute atomic E-state index is 13.4. The minimum absolute atomic E-state index is 0.0867. The van der Waals surface area contributed by atoms with Crippen molar-refractivity contribution in [2.75, 3.05) is 29.9 Å². The molecule has 0 spiro atoms. The van der Waals surface area contributed by atoms with Gasteiger partial charge in [-0.3, -0.25) is 14.9 Å². The van der Waals surface area contributed by atoms with E-state index in [1.807, 2.05) is 24.3 Å². The first-order valence-corrected chi connectivity index (χ1v) is 9.67. The van der Waals surface area contributed by atoms with Crippen LogP contribution in [-0.4, -0.2) is 36.6 Å². The topological polar surface area (TPSA) is 84.7 Å². The van der Waals surface area contributed by atoms with Crippen LogP contribution in [0.5, 0.6) is 0 Å². The molecule has 2 aliphatic heterocycles. The van der Waals surface area contributed by atoms with Gasteiger partial charge in [0.1, 0.15) is 0 Å². The quantitative estimate of drug-likeness (QED) is 0.629. The SMILES string of the molecule is O=C(c1cc([N+](=O)[O-])ccc1NCC1CCCO1)N1CCCc2ccccc21. The fourth-order valence-electron chi connectivity index (χ4n) is 3.90. The number of ether oxygens (including phenoxy) is 1. The molecule has 2 heterocycles. The normalized spacial score (nSPS) is 18.6. The summed E-state index contributed by atoms with van der Waals surface area (Å²) in [7, 11) is 0. The molecule has 28 heavy (non-hydrogen) atoms. The molecule has 7 heteroatoms. The summed E-state index contributed by atoms with van der Waals surface area (Å²) in [6.45, 7) is 1.93. The number of para-hydroxylation sites is 1. The zero-order chi connectivity index (χ0) is 19.5. The van der Waals surface area contributed by atoms with Crippen molar-refractivity contribution in [3.63, 3.8) is 0 Å². The van der Waals surface area contributed by atoms with E-state index in [0.29, 0.717) is 24.3 Å². The monoisotopic (exact) mass is 381 g/mol. The lowest BCUT2D eigenvalue weighted by molar-refractivity contribution is -0.384. The van der Waals surface area contributed by atoms with Crippen LogP contribution < -0.4 is 10.2 Å². The van der Waals surface area contributed by atoms with Crippen LogP contribution in [0.4, 0.5) is 17.1 Å². The van der Waals surface area contributed by atoms with Crippen LogP contribution in [0.25, 0.3) is 0 Å². The fraction of sp³-hybridized carbons (Fsp3) is 0.381. The summed E-state index contributed by atoms with van der Waals surface area (Å²) in [5.41, 5.74) is 2.85. The summed E-state index contributed by atoms with van der Waals surface area (Å²) < 4.78 is 5.63. The second-order valence-electron chi connectivity index (χ2n) is 7.19. The predicted molar refractivity (Wildman–Crippen MR) is 107 cm³/mol. The van der Waals surface area contributed by atoms with Gasteiger partial charge >= 0.3 is 0 Å². The van der Waals surface area contributed by atoms with Crippen LogP contribution in [0.15, 0.2) is 42.5 Å². The van der Waals surface area contributed by atoms with Gasteiger partial charge in [-0.2, -0.15) is 0 Å². The average Bonchev–Trinajstić information content (AvgIpc) is 3.25. The summed E-state index contributed by atoms with van der Waals surface area (Å²) in [4.78, 5) is 25.9. The van der Waals surface area contributed by atoms with Gasteiger partial charge in [-0.1, -0.05) is 18.2 Å². The van der Waals surface area contributed by atoms with Gasteiger partial charge in [0.2, 0.25) is 0 Å². The smallest absolute Gasteiger partial charge is 0.270 e. The molecule has 2 aromatic carbocycles. The maximum atomic E-state index is 13.4. The van der Waals surface area contributed by atoms with Crippen LogP contribution in [0.2, 0.25) is 0 Å². The molecule has 4 rings (SSSR count). The van der Waals surface area contributed by atoms with E-state index < -0.39 is 4.92 Å². The molecule has 2 aromatic rings. The van der Waals surface area contributed by atoms with Gasteiger partial charge in [0.15, 0.2) is 0 Å². The molecule has 1 amide bonds. The molecule has 1 N–H and O–H groups in total. The van der Waals surface area contributed by atoms with Crippen molar-refractivity contribution in [3.8, 4) is 0 Å². The van der Waals surface area contributed by atoms with Gasteiger partial charge in [0.25, 0.3) is 11.6 Å². The lowest BCUT2D eigenvalue weighted by atomic mass is 10.0. The van der Waals surface area contributed by atoms with Crippen molar-refractivity contribution in [2.45, 2.75) is 31.8 Å². The molecule has 1 saturated heterocycles. The third-order valence-corrected chi connectivity index (χ3v) is 5.34. The number of non-ortho nitro benzene ring substituents is 1. The van der Waals surface area contributed by atoms with Crippen molar-refractivity contribution in [3.05, 3.63) is 63.7 Å². The van der Waals surface area contributed by atoms with E-state index >= 15 is 0 Å². The number of hydrogen-bond donors (Lipinski definition) is 1. The van der Waals surface area contributed by atoms with Crippen molar-refractivity contribution in [1.29, 1.82) is 0 Å². The largest absolute Gasteiger partial charge is 0.382 e. The third-order valence-electron chi connectivity index (χ3n) is 5.34. The Balaban J connectivity index is 1.65. The molecular formula is C21H23N3O4. The van der Waals surface area contributed by atoms with Gasteiger partial charge in [-0.05, 0) is 43.4 Å². The molecule has 146 valence electrons. The van der Waals surface area contributed by atoms with E-state index in [2.05, 4.69) is 5.32 Å². The number of aryl methyl sites for hydroxylation is 1. The Hall–Kier alpha value is -2.93. The standard InChI is InChI=1S/C21H23N3O4/c25-21(23-11-3-6-15-5-1-2-8-20(15)23)18-13-16(24(26)27)9-10-19(18)22-14-17-7-4-12-28-17/h1-2,5,8-10,13,17,22H,3-4,6-7,11-12,14H2. The number of anilines is 2. The van der Waals surface area contributed by atoms with E-state index in [1.54, 1.807) is 11.0 Å². The predicted octanol–water partition coefficient (Wildman–Crippen LogP) is 3.78. The summed E-state index contributed by atoms with van der Waals surface area (Å²) in [5, 5.41) is 14.5. The summed E-state index contributed by atoms with van der Waals surface area (Å²) >= 11 is 0. The number of carbonyl (C=O) groups is 1. The number of hydrogen-bond acceptors (Lipinski definition) is 5. The Morgan fingerprint density at radius 2 is 2.11 bits per heavy atom. The number of nitro benzene ring substituents is 1. The number of fused-ring (bicyclic) bond motifs is 1. The van der Waals surface area contributed by atoms with Gasteiger partial charge in [-0.25, -0.2) is 0 Å². The highest BCUT2D eigenvalue weighted by Gasteiger charge is 2.27. The van der Waals surface area contributed by atoms with Crippen LogP contribution in [0.3, 0.4) is 0 Å². The summed E-state index contributed by atoms with van der Waals surface area (Å²) in [5.74, 6) is -0.217. The number of carbonyl (C=O) groups excluding carboxylic acids is 1. The second-order valence-corrected chi connectivity index (χ2v) is 7.19. The van der Waals surface area contributed by atoms with Crippen LogP contribution in [0.1, 0.15) is 35.2 Å².